The average Bonchev–Trinajstić information content (AvgIpc) is 2.64. The largest absolute Gasteiger partial charge is 0.320 e. The number of aldehydes is 1. The first kappa shape index (κ1) is 16.9. The number of nitrogens with zero attached hydrogens (tertiary/aromatic N) is 1. The van der Waals surface area contributed by atoms with E-state index in [0.29, 0.717) is 17.5 Å². The van der Waals surface area contributed by atoms with Gasteiger partial charge in [0.2, 0.25) is 0 Å². The molecule has 3 aromatic rings. The summed E-state index contributed by atoms with van der Waals surface area (Å²) >= 11 is 6.05. The Balaban J connectivity index is 1.91. The Morgan fingerprint density at radius 1 is 1.12 bits per heavy atom. The molecule has 5 heteroatoms. The summed E-state index contributed by atoms with van der Waals surface area (Å²) in [6, 6.07) is 17.1. The maximum absolute atomic E-state index is 12.5. The molecule has 1 amide bonds. The highest BCUT2D eigenvalue weighted by atomic mass is 35.5. The number of rotatable bonds is 4. The second-order valence-electron chi connectivity index (χ2n) is 5.52. The number of anilines is 1. The Bertz CT molecular complexity index is 940. The zero-order chi connectivity index (χ0) is 17.8. The third kappa shape index (κ3) is 3.59. The highest BCUT2D eigenvalue weighted by Crippen LogP contribution is 2.29. The fourth-order valence-electron chi connectivity index (χ4n) is 2.57. The fourth-order valence-corrected chi connectivity index (χ4v) is 2.83. The topological polar surface area (TPSA) is 59.1 Å². The van der Waals surface area contributed by atoms with Crippen molar-refractivity contribution in [1.82, 2.24) is 4.98 Å². The number of amides is 1. The molecular formula is C20H15ClN2O2. The highest BCUT2D eigenvalue weighted by Gasteiger charge is 2.15. The van der Waals surface area contributed by atoms with Gasteiger partial charge in [0.15, 0.2) is 6.29 Å². The molecular weight excluding hydrogens is 336 g/mol. The number of benzene rings is 2. The van der Waals surface area contributed by atoms with Gasteiger partial charge in [0.05, 0.1) is 5.02 Å². The molecule has 0 saturated carbocycles. The van der Waals surface area contributed by atoms with Crippen LogP contribution in [0.2, 0.25) is 5.02 Å². The molecule has 2 aromatic carbocycles. The molecule has 0 aliphatic rings. The van der Waals surface area contributed by atoms with Crippen LogP contribution in [-0.4, -0.2) is 17.2 Å². The van der Waals surface area contributed by atoms with Crippen molar-refractivity contribution in [2.45, 2.75) is 6.92 Å². The zero-order valence-electron chi connectivity index (χ0n) is 13.5. The predicted octanol–water partition coefficient (Wildman–Crippen LogP) is 4.78. The minimum absolute atomic E-state index is 0.0804. The van der Waals surface area contributed by atoms with Crippen LogP contribution >= 0.6 is 11.6 Å². The van der Waals surface area contributed by atoms with Crippen LogP contribution < -0.4 is 5.32 Å². The minimum atomic E-state index is -0.421. The zero-order valence-corrected chi connectivity index (χ0v) is 14.2. The van der Waals surface area contributed by atoms with E-state index in [-0.39, 0.29) is 10.7 Å². The maximum atomic E-state index is 12.5. The lowest BCUT2D eigenvalue weighted by atomic mass is 9.99. The number of pyridine rings is 1. The highest BCUT2D eigenvalue weighted by molar-refractivity contribution is 6.34. The summed E-state index contributed by atoms with van der Waals surface area (Å²) in [5.74, 6) is -0.421. The number of halogens is 1. The minimum Gasteiger partial charge on any atom is -0.320 e. The molecule has 0 fully saturated rings. The number of nitrogens with one attached hydrogen (secondary N) is 1. The number of aromatic nitrogens is 1. The summed E-state index contributed by atoms with van der Waals surface area (Å²) in [7, 11) is 0. The summed E-state index contributed by atoms with van der Waals surface area (Å²) in [5, 5.41) is 2.98. The van der Waals surface area contributed by atoms with Gasteiger partial charge in [-0.1, -0.05) is 54.1 Å². The van der Waals surface area contributed by atoms with Crippen LogP contribution in [0.4, 0.5) is 5.69 Å². The first-order valence-corrected chi connectivity index (χ1v) is 8.05. The molecule has 0 bridgehead atoms. The Labute approximate surface area is 150 Å². The second-order valence-corrected chi connectivity index (χ2v) is 5.92. The van der Waals surface area contributed by atoms with Gasteiger partial charge in [-0.2, -0.15) is 0 Å². The molecule has 124 valence electrons. The molecule has 0 spiro atoms. The molecule has 0 atom stereocenters. The summed E-state index contributed by atoms with van der Waals surface area (Å²) in [6.45, 7) is 1.95. The van der Waals surface area contributed by atoms with Crippen molar-refractivity contribution >= 4 is 29.5 Å². The van der Waals surface area contributed by atoms with Gasteiger partial charge >= 0.3 is 0 Å². The Hall–Kier alpha value is -2.98. The summed E-state index contributed by atoms with van der Waals surface area (Å²) < 4.78 is 0. The second kappa shape index (κ2) is 7.28. The van der Waals surface area contributed by atoms with Gasteiger partial charge in [0.25, 0.3) is 5.91 Å². The van der Waals surface area contributed by atoms with Crippen LogP contribution in [0.3, 0.4) is 0 Å². The van der Waals surface area contributed by atoms with Crippen LogP contribution in [0.15, 0.2) is 60.8 Å². The molecule has 4 nitrogen and oxygen atoms in total. The van der Waals surface area contributed by atoms with Crippen LogP contribution in [0, 0.1) is 6.92 Å². The van der Waals surface area contributed by atoms with Gasteiger partial charge in [-0.25, -0.2) is 4.98 Å². The van der Waals surface area contributed by atoms with E-state index in [1.54, 1.807) is 0 Å². The molecule has 3 rings (SSSR count). The molecule has 0 unspecified atom stereocenters. The van der Waals surface area contributed by atoms with Gasteiger partial charge in [0.1, 0.15) is 5.69 Å². The normalized spacial score (nSPS) is 10.3. The van der Waals surface area contributed by atoms with Crippen molar-refractivity contribution in [1.29, 1.82) is 0 Å². The fraction of sp³-hybridized carbons (Fsp3) is 0.0500. The quantitative estimate of drug-likeness (QED) is 0.689. The van der Waals surface area contributed by atoms with Crippen LogP contribution in [0.5, 0.6) is 0 Å². The number of hydrogen-bond acceptors (Lipinski definition) is 3. The standard InChI is InChI=1S/C20H15ClN2O2/c1-13-16(15-6-3-2-4-7-15)8-5-9-18(13)23-20(25)19-17(21)10-14(12-24)11-22-19/h2-12H,1H3,(H,23,25). The van der Waals surface area contributed by atoms with Crippen LogP contribution in [0.25, 0.3) is 11.1 Å². The molecule has 0 aliphatic heterocycles. The lowest BCUT2D eigenvalue weighted by Crippen LogP contribution is -2.15. The van der Waals surface area contributed by atoms with Gasteiger partial charge in [-0.15, -0.1) is 0 Å². The third-order valence-electron chi connectivity index (χ3n) is 3.88. The number of carbonyl (C=O) groups excluding carboxylic acids is 2. The summed E-state index contributed by atoms with van der Waals surface area (Å²) in [6.07, 6.45) is 1.95. The van der Waals surface area contributed by atoms with E-state index in [4.69, 9.17) is 11.6 Å². The van der Waals surface area contributed by atoms with E-state index in [1.807, 2.05) is 55.5 Å². The SMILES string of the molecule is Cc1c(NC(=O)c2ncc(C=O)cc2Cl)cccc1-c1ccccc1. The van der Waals surface area contributed by atoms with Gasteiger partial charge in [-0.3, -0.25) is 9.59 Å². The Morgan fingerprint density at radius 3 is 2.56 bits per heavy atom. The molecule has 0 radical (unpaired) electrons. The average molecular weight is 351 g/mol. The monoisotopic (exact) mass is 350 g/mol. The van der Waals surface area contributed by atoms with E-state index in [9.17, 15) is 9.59 Å². The number of carbonyl (C=O) groups is 2. The summed E-state index contributed by atoms with van der Waals surface area (Å²) in [4.78, 5) is 27.2. The van der Waals surface area contributed by atoms with Crippen molar-refractivity contribution in [3.8, 4) is 11.1 Å². The molecule has 0 aliphatic carbocycles. The first-order valence-electron chi connectivity index (χ1n) is 7.67. The third-order valence-corrected chi connectivity index (χ3v) is 4.17. The van der Waals surface area contributed by atoms with E-state index in [1.165, 1.54) is 12.3 Å². The van der Waals surface area contributed by atoms with Crippen molar-refractivity contribution in [3.05, 3.63) is 82.6 Å². The van der Waals surface area contributed by atoms with E-state index in [0.717, 1.165) is 16.7 Å². The molecule has 25 heavy (non-hydrogen) atoms. The lowest BCUT2D eigenvalue weighted by Gasteiger charge is -2.13. The van der Waals surface area contributed by atoms with Gasteiger partial charge < -0.3 is 5.32 Å². The van der Waals surface area contributed by atoms with E-state index in [2.05, 4.69) is 10.3 Å². The Kier molecular flexibility index (Phi) is 4.91. The Morgan fingerprint density at radius 2 is 1.88 bits per heavy atom. The van der Waals surface area contributed by atoms with Crippen molar-refractivity contribution in [3.63, 3.8) is 0 Å². The van der Waals surface area contributed by atoms with Gasteiger partial charge in [0, 0.05) is 17.4 Å². The van der Waals surface area contributed by atoms with Gasteiger partial charge in [-0.05, 0) is 35.7 Å². The molecule has 1 aromatic heterocycles. The van der Waals surface area contributed by atoms with Crippen molar-refractivity contribution in [2.75, 3.05) is 5.32 Å². The summed E-state index contributed by atoms with van der Waals surface area (Å²) in [5.41, 5.74) is 4.14. The van der Waals surface area contributed by atoms with Crippen LogP contribution in [0.1, 0.15) is 26.4 Å². The van der Waals surface area contributed by atoms with Crippen molar-refractivity contribution < 1.29 is 9.59 Å². The van der Waals surface area contributed by atoms with Crippen LogP contribution in [-0.2, 0) is 0 Å². The molecule has 1 heterocycles. The number of hydrogen-bond donors (Lipinski definition) is 1. The first-order chi connectivity index (χ1) is 12.1. The van der Waals surface area contributed by atoms with E-state index >= 15 is 0 Å². The van der Waals surface area contributed by atoms with E-state index < -0.39 is 5.91 Å². The molecule has 1 N–H and O–H groups in total. The maximum Gasteiger partial charge on any atom is 0.275 e. The molecule has 0 saturated heterocycles. The predicted molar refractivity (Wildman–Crippen MR) is 99.2 cm³/mol. The lowest BCUT2D eigenvalue weighted by molar-refractivity contribution is 0.102. The van der Waals surface area contributed by atoms with Crippen molar-refractivity contribution in [2.24, 2.45) is 0 Å². The smallest absolute Gasteiger partial charge is 0.275 e.